The highest BCUT2D eigenvalue weighted by Crippen LogP contribution is 2.45. The molecule has 7 N–H and O–H groups in total. The molecule has 1 aliphatic carbocycles. The van der Waals surface area contributed by atoms with E-state index in [0.29, 0.717) is 50.2 Å². The highest BCUT2D eigenvalue weighted by molar-refractivity contribution is 5.91. The maximum absolute atomic E-state index is 13.8. The first-order valence-corrected chi connectivity index (χ1v) is 23.2. The zero-order chi connectivity index (χ0) is 48.0. The van der Waals surface area contributed by atoms with Crippen LogP contribution in [0.5, 0.6) is 0 Å². The van der Waals surface area contributed by atoms with Crippen molar-refractivity contribution in [2.24, 2.45) is 11.5 Å². The zero-order valence-electron chi connectivity index (χ0n) is 37.8. The molecule has 4 amide bonds. The summed E-state index contributed by atoms with van der Waals surface area (Å²) < 4.78 is 18.6. The molecule has 3 atom stereocenters. The first kappa shape index (κ1) is 47.1. The van der Waals surface area contributed by atoms with Crippen LogP contribution < -0.4 is 33.0 Å². The molecule has 2 aromatic heterocycles. The van der Waals surface area contributed by atoms with Gasteiger partial charge in [-0.15, -0.1) is 0 Å². The van der Waals surface area contributed by atoms with Gasteiger partial charge in [0.05, 0.1) is 35.4 Å². The minimum atomic E-state index is -1.90. The number of hydrogen-bond donors (Lipinski definition) is 5. The number of benzene rings is 3. The fourth-order valence-corrected chi connectivity index (χ4v) is 9.43. The zero-order valence-corrected chi connectivity index (χ0v) is 37.8. The van der Waals surface area contributed by atoms with Gasteiger partial charge in [-0.2, -0.15) is 0 Å². The summed E-state index contributed by atoms with van der Waals surface area (Å²) in [6, 6.07) is 25.1. The van der Waals surface area contributed by atoms with Gasteiger partial charge in [0.1, 0.15) is 25.3 Å². The number of carbonyl (C=O) groups excluding carboxylic acids is 6. The number of esters is 2. The molecule has 68 heavy (non-hydrogen) atoms. The first-order valence-electron chi connectivity index (χ1n) is 23.2. The summed E-state index contributed by atoms with van der Waals surface area (Å²) in [6.45, 7) is 2.32. The van der Waals surface area contributed by atoms with E-state index in [2.05, 4.69) is 16.0 Å². The summed E-state index contributed by atoms with van der Waals surface area (Å²) in [6.07, 6.45) is 0.942. The van der Waals surface area contributed by atoms with E-state index >= 15 is 0 Å². The molecule has 0 spiro atoms. The Hall–Kier alpha value is -7.40. The van der Waals surface area contributed by atoms with Crippen molar-refractivity contribution in [3.63, 3.8) is 0 Å². The first-order chi connectivity index (χ1) is 32.9. The molecule has 3 aliphatic rings. The molecule has 354 valence electrons. The Bertz CT molecular complexity index is 2800. The average molecular weight is 926 g/mol. The number of para-hydroxylation sites is 1. The lowest BCUT2D eigenvalue weighted by atomic mass is 9.85. The van der Waals surface area contributed by atoms with Gasteiger partial charge in [-0.05, 0) is 91.9 Å². The number of amides is 4. The summed E-state index contributed by atoms with van der Waals surface area (Å²) in [7, 11) is 0. The quantitative estimate of drug-likeness (QED) is 0.0397. The lowest BCUT2D eigenvalue weighted by molar-refractivity contribution is -0.189. The van der Waals surface area contributed by atoms with Gasteiger partial charge in [-0.25, -0.2) is 14.6 Å². The number of rotatable bonds is 20. The van der Waals surface area contributed by atoms with Crippen molar-refractivity contribution >= 4 is 46.7 Å². The van der Waals surface area contributed by atoms with E-state index in [4.69, 9.17) is 30.7 Å². The van der Waals surface area contributed by atoms with Gasteiger partial charge in [0, 0.05) is 35.4 Å². The van der Waals surface area contributed by atoms with Crippen molar-refractivity contribution in [2.45, 2.75) is 101 Å². The molecule has 0 bridgehead atoms. The third-order valence-corrected chi connectivity index (χ3v) is 13.0. The molecule has 17 heteroatoms. The number of fused-ring (bicyclic) bond motifs is 8. The average Bonchev–Trinajstić information content (AvgIpc) is 3.86. The summed E-state index contributed by atoms with van der Waals surface area (Å²) >= 11 is 0. The molecule has 0 fully saturated rings. The van der Waals surface area contributed by atoms with Gasteiger partial charge in [-0.3, -0.25) is 24.0 Å². The second-order valence-electron chi connectivity index (χ2n) is 17.3. The third kappa shape index (κ3) is 9.70. The number of primary amides is 1. The van der Waals surface area contributed by atoms with Crippen LogP contribution in [-0.2, 0) is 56.9 Å². The molecular formula is C51H55N7O10. The van der Waals surface area contributed by atoms with Crippen LogP contribution in [0.3, 0.4) is 0 Å². The standard InChI is InChI=1S/C51H55N7O10/c1-2-51(38-26-42-45-31(25-30-13-3-8-18-39(30)55-45)27-58(42)48(63)37(38)29-66-49(51)64)68-44(60)22-21-43(59)54-24-12-10-19-40(46(53)61)56-47(62)41(20-9-11-23-52)57-50(65)67-28-36-34-16-6-4-14-32(34)33-15-5-7-17-35(33)36/h3-8,13-18,25-26,36,40-41H,2,9-12,19-24,27-29,52H2,1H3,(H2,53,61)(H,54,59)(H,56,62)(H,57,65)/t40-,41-,51-/m0/s1. The lowest BCUT2D eigenvalue weighted by Crippen LogP contribution is -2.53. The van der Waals surface area contributed by atoms with E-state index in [9.17, 15) is 33.6 Å². The third-order valence-electron chi connectivity index (χ3n) is 13.0. The highest BCUT2D eigenvalue weighted by Gasteiger charge is 2.50. The van der Waals surface area contributed by atoms with Gasteiger partial charge in [0.15, 0.2) is 0 Å². The van der Waals surface area contributed by atoms with Crippen LogP contribution in [0.4, 0.5) is 4.79 Å². The van der Waals surface area contributed by atoms with Gasteiger partial charge < -0.3 is 46.2 Å². The summed E-state index contributed by atoms with van der Waals surface area (Å²) in [5.74, 6) is -3.62. The number of unbranched alkanes of at least 4 members (excludes halogenated alkanes) is 2. The van der Waals surface area contributed by atoms with Gasteiger partial charge in [0.2, 0.25) is 23.3 Å². The molecule has 5 aromatic rings. The Balaban J connectivity index is 0.806. The number of aromatic nitrogens is 2. The van der Waals surface area contributed by atoms with Gasteiger partial charge >= 0.3 is 18.0 Å². The summed E-state index contributed by atoms with van der Waals surface area (Å²) in [5, 5.41) is 9.01. The number of nitrogens with one attached hydrogen (secondary N) is 3. The topological polar surface area (TPSA) is 253 Å². The van der Waals surface area contributed by atoms with Crippen LogP contribution in [-0.4, -0.2) is 77.1 Å². The number of nitrogens with zero attached hydrogens (tertiary/aromatic N) is 2. The van der Waals surface area contributed by atoms with Crippen LogP contribution in [0.1, 0.15) is 98.4 Å². The number of alkyl carbamates (subject to hydrolysis) is 1. The maximum atomic E-state index is 13.8. The molecule has 0 unspecified atom stereocenters. The normalized spacial score (nSPS) is 16.2. The molecule has 4 heterocycles. The van der Waals surface area contributed by atoms with E-state index in [0.717, 1.165) is 38.7 Å². The minimum Gasteiger partial charge on any atom is -0.457 e. The molecule has 0 saturated carbocycles. The number of hydrogen-bond acceptors (Lipinski definition) is 12. The Labute approximate surface area is 392 Å². The second-order valence-corrected chi connectivity index (χ2v) is 17.3. The van der Waals surface area contributed by atoms with E-state index in [1.165, 1.54) is 0 Å². The molecule has 2 aliphatic heterocycles. The molecule has 8 rings (SSSR count). The van der Waals surface area contributed by atoms with Crippen molar-refractivity contribution in [3.8, 4) is 22.5 Å². The van der Waals surface area contributed by atoms with Gasteiger partial charge in [-0.1, -0.05) is 73.7 Å². The smallest absolute Gasteiger partial charge is 0.407 e. The predicted octanol–water partition coefficient (Wildman–Crippen LogP) is 4.70. The molecule has 0 saturated heterocycles. The lowest BCUT2D eigenvalue weighted by Gasteiger charge is -2.35. The Morgan fingerprint density at radius 1 is 0.868 bits per heavy atom. The maximum Gasteiger partial charge on any atom is 0.407 e. The fourth-order valence-electron chi connectivity index (χ4n) is 9.43. The van der Waals surface area contributed by atoms with E-state index in [-0.39, 0.29) is 74.5 Å². The Morgan fingerprint density at radius 2 is 1.56 bits per heavy atom. The minimum absolute atomic E-state index is 0.0194. The number of nitrogens with two attached hydrogens (primary N) is 2. The number of ether oxygens (including phenoxy) is 3. The van der Waals surface area contributed by atoms with E-state index in [1.54, 1.807) is 17.6 Å². The Kier molecular flexibility index (Phi) is 14.3. The summed E-state index contributed by atoms with van der Waals surface area (Å²) in [4.78, 5) is 97.4. The van der Waals surface area contributed by atoms with Crippen molar-refractivity contribution < 1.29 is 43.0 Å². The predicted molar refractivity (Wildman–Crippen MR) is 251 cm³/mol. The van der Waals surface area contributed by atoms with Crippen molar-refractivity contribution in [2.75, 3.05) is 19.7 Å². The van der Waals surface area contributed by atoms with Crippen molar-refractivity contribution in [1.29, 1.82) is 0 Å². The second kappa shape index (κ2) is 20.6. The molecular weight excluding hydrogens is 871 g/mol. The number of carbonyl (C=O) groups is 6. The van der Waals surface area contributed by atoms with E-state index < -0.39 is 53.4 Å². The van der Waals surface area contributed by atoms with Crippen LogP contribution in [0, 0.1) is 0 Å². The van der Waals surface area contributed by atoms with Crippen molar-refractivity contribution in [1.82, 2.24) is 25.5 Å². The number of cyclic esters (lactones) is 1. The van der Waals surface area contributed by atoms with Gasteiger partial charge in [0.25, 0.3) is 5.56 Å². The SMILES string of the molecule is CC[C@@]1(OC(=O)CCC(=O)NCCCC[C@H](NC(=O)[C@H](CCCCN)NC(=O)OCC2c3ccccc3-c3ccccc32)C(N)=O)C(=O)OCc2c1cc1n(c2=O)Cc2cc3ccccc3nc2-1. The van der Waals surface area contributed by atoms with E-state index in [1.807, 2.05) is 78.9 Å². The fraction of sp³-hybridized carbons (Fsp3) is 0.373. The van der Waals surface area contributed by atoms with Crippen molar-refractivity contribution in [3.05, 3.63) is 123 Å². The number of pyridine rings is 2. The van der Waals surface area contributed by atoms with Crippen LogP contribution in [0.15, 0.2) is 89.7 Å². The summed E-state index contributed by atoms with van der Waals surface area (Å²) in [5.41, 5.74) is 16.5. The van der Waals surface area contributed by atoms with Crippen LogP contribution in [0.2, 0.25) is 0 Å². The molecule has 0 radical (unpaired) electrons. The van der Waals surface area contributed by atoms with Crippen LogP contribution in [0.25, 0.3) is 33.4 Å². The van der Waals surface area contributed by atoms with Crippen LogP contribution >= 0.6 is 0 Å². The molecule has 3 aromatic carbocycles. The monoisotopic (exact) mass is 925 g/mol. The highest BCUT2D eigenvalue weighted by atomic mass is 16.6. The molecule has 17 nitrogen and oxygen atoms in total. The largest absolute Gasteiger partial charge is 0.457 e. The Morgan fingerprint density at radius 3 is 2.28 bits per heavy atom.